The monoisotopic (exact) mass is 306 g/mol. The van der Waals surface area contributed by atoms with Gasteiger partial charge >= 0.3 is 11.9 Å². The molecule has 116 valence electrons. The summed E-state index contributed by atoms with van der Waals surface area (Å²) in [6.07, 6.45) is 2.76. The van der Waals surface area contributed by atoms with Gasteiger partial charge in [0.1, 0.15) is 0 Å². The third kappa shape index (κ3) is 2.71. The molecule has 0 aromatic carbocycles. The van der Waals surface area contributed by atoms with Crippen molar-refractivity contribution < 1.29 is 19.1 Å². The van der Waals surface area contributed by atoms with E-state index in [0.29, 0.717) is 11.6 Å². The molecule has 0 saturated heterocycles. The first-order valence-corrected chi connectivity index (χ1v) is 6.11. The number of esters is 2. The van der Waals surface area contributed by atoms with E-state index in [0.717, 1.165) is 0 Å². The van der Waals surface area contributed by atoms with Crippen LogP contribution >= 0.6 is 0 Å². The minimum Gasteiger partial charge on any atom is -0.463 e. The van der Waals surface area contributed by atoms with Gasteiger partial charge < -0.3 is 18.6 Å². The van der Waals surface area contributed by atoms with E-state index in [2.05, 4.69) is 29.7 Å². The molecule has 0 aliphatic rings. The highest BCUT2D eigenvalue weighted by Gasteiger charge is 2.16. The van der Waals surface area contributed by atoms with Gasteiger partial charge in [-0.25, -0.2) is 19.6 Å². The van der Waals surface area contributed by atoms with Crippen LogP contribution in [0.25, 0.3) is 0 Å². The lowest BCUT2D eigenvalue weighted by atomic mass is 10.6. The minimum atomic E-state index is -0.572. The van der Waals surface area contributed by atoms with Crippen LogP contribution in [-0.4, -0.2) is 45.3 Å². The minimum absolute atomic E-state index is 0.108. The maximum absolute atomic E-state index is 11.4. The van der Waals surface area contributed by atoms with E-state index in [4.69, 9.17) is 0 Å². The predicted octanol–water partition coefficient (Wildman–Crippen LogP) is 1.14. The average molecular weight is 306 g/mol. The lowest BCUT2D eigenvalue weighted by molar-refractivity contribution is 0.0574. The molecule has 10 heteroatoms. The molecule has 0 aliphatic carbocycles. The van der Waals surface area contributed by atoms with Crippen LogP contribution in [-0.2, 0) is 23.6 Å². The number of nitrogens with zero attached hydrogens (tertiary/aromatic N) is 6. The second-order valence-corrected chi connectivity index (χ2v) is 4.18. The summed E-state index contributed by atoms with van der Waals surface area (Å²) in [5.41, 5.74) is 0. The summed E-state index contributed by atoms with van der Waals surface area (Å²) in [6, 6.07) is 0. The van der Waals surface area contributed by atoms with Crippen LogP contribution in [0.5, 0.6) is 0 Å². The zero-order valence-electron chi connectivity index (χ0n) is 12.5. The number of imidazole rings is 2. The Morgan fingerprint density at radius 2 is 1.27 bits per heavy atom. The summed E-state index contributed by atoms with van der Waals surface area (Å²) in [4.78, 5) is 30.7. The molecule has 0 fully saturated rings. The zero-order valence-corrected chi connectivity index (χ0v) is 12.5. The van der Waals surface area contributed by atoms with Gasteiger partial charge in [-0.05, 0) is 0 Å². The Hall–Kier alpha value is -3.04. The van der Waals surface area contributed by atoms with E-state index in [1.165, 1.54) is 35.7 Å². The van der Waals surface area contributed by atoms with Crippen molar-refractivity contribution in [3.05, 3.63) is 24.0 Å². The molecule has 0 atom stereocenters. The number of methoxy groups -OCH3 is 2. The van der Waals surface area contributed by atoms with Gasteiger partial charge in [-0.2, -0.15) is 0 Å². The van der Waals surface area contributed by atoms with Crippen LogP contribution in [0.2, 0.25) is 0 Å². The van der Waals surface area contributed by atoms with E-state index in [1.54, 1.807) is 14.1 Å². The number of ether oxygens (including phenoxy) is 2. The Labute approximate surface area is 125 Å². The van der Waals surface area contributed by atoms with Gasteiger partial charge in [-0.1, -0.05) is 0 Å². The third-order valence-corrected chi connectivity index (χ3v) is 2.92. The summed E-state index contributed by atoms with van der Waals surface area (Å²) in [5, 5.41) is 7.95. The average Bonchev–Trinajstić information content (AvgIpc) is 3.07. The Bertz CT molecular complexity index is 683. The number of hydrogen-bond acceptors (Lipinski definition) is 8. The lowest BCUT2D eigenvalue weighted by Gasteiger charge is -2.01. The first kappa shape index (κ1) is 15.4. The fraction of sp³-hybridized carbons (Fsp3) is 0.333. The van der Waals surface area contributed by atoms with Gasteiger partial charge in [0.15, 0.2) is 11.6 Å². The number of azo groups is 1. The van der Waals surface area contributed by atoms with Crippen molar-refractivity contribution in [2.75, 3.05) is 14.2 Å². The lowest BCUT2D eigenvalue weighted by Crippen LogP contribution is -2.09. The molecule has 0 amide bonds. The number of aromatic nitrogens is 4. The Kier molecular flexibility index (Phi) is 4.30. The highest BCUT2D eigenvalue weighted by Crippen LogP contribution is 2.19. The van der Waals surface area contributed by atoms with Crippen LogP contribution in [0.15, 0.2) is 22.6 Å². The van der Waals surface area contributed by atoms with Gasteiger partial charge in [-0.15, -0.1) is 10.2 Å². The number of rotatable bonds is 4. The second-order valence-electron chi connectivity index (χ2n) is 4.18. The SMILES string of the molecule is COC(=O)c1ncc(/N=N/c2cnc(C(=O)OC)n2C)n1C. The van der Waals surface area contributed by atoms with Crippen molar-refractivity contribution in [2.45, 2.75) is 0 Å². The molecule has 2 rings (SSSR count). The molecule has 2 aromatic heterocycles. The molecule has 0 saturated carbocycles. The fourth-order valence-electron chi connectivity index (χ4n) is 1.65. The van der Waals surface area contributed by atoms with Crippen LogP contribution in [0, 0.1) is 0 Å². The maximum atomic E-state index is 11.4. The predicted molar refractivity (Wildman–Crippen MR) is 73.3 cm³/mol. The van der Waals surface area contributed by atoms with Crippen LogP contribution < -0.4 is 0 Å². The Morgan fingerprint density at radius 1 is 0.909 bits per heavy atom. The number of carbonyl (C=O) groups is 2. The molecule has 0 aliphatic heterocycles. The number of carbonyl (C=O) groups excluding carboxylic acids is 2. The first-order chi connectivity index (χ1) is 10.5. The standard InChI is InChI=1S/C12H14N6O4/c1-17-7(5-13-9(17)11(19)21-3)15-16-8-6-14-10(18(8)2)12(20)22-4/h5-6H,1-4H3/b16-15+. The zero-order chi connectivity index (χ0) is 16.3. The van der Waals surface area contributed by atoms with Gasteiger partial charge in [0.05, 0.1) is 26.6 Å². The molecule has 10 nitrogen and oxygen atoms in total. The highest BCUT2D eigenvalue weighted by atomic mass is 16.5. The molecule has 0 radical (unpaired) electrons. The number of hydrogen-bond donors (Lipinski definition) is 0. The third-order valence-electron chi connectivity index (χ3n) is 2.92. The quantitative estimate of drug-likeness (QED) is 0.618. The topological polar surface area (TPSA) is 113 Å². The van der Waals surface area contributed by atoms with Gasteiger partial charge in [0.2, 0.25) is 11.6 Å². The van der Waals surface area contributed by atoms with E-state index >= 15 is 0 Å². The van der Waals surface area contributed by atoms with Crippen LogP contribution in [0.1, 0.15) is 21.2 Å². The maximum Gasteiger partial charge on any atom is 0.374 e. The van der Waals surface area contributed by atoms with Crippen molar-refractivity contribution in [1.29, 1.82) is 0 Å². The Morgan fingerprint density at radius 3 is 1.59 bits per heavy atom. The van der Waals surface area contributed by atoms with E-state index in [-0.39, 0.29) is 11.6 Å². The van der Waals surface area contributed by atoms with Crippen molar-refractivity contribution in [3.8, 4) is 0 Å². The van der Waals surface area contributed by atoms with Gasteiger partial charge in [0, 0.05) is 14.1 Å². The molecule has 0 unspecified atom stereocenters. The van der Waals surface area contributed by atoms with E-state index in [1.807, 2.05) is 0 Å². The normalized spacial score (nSPS) is 10.9. The van der Waals surface area contributed by atoms with E-state index in [9.17, 15) is 9.59 Å². The summed E-state index contributed by atoms with van der Waals surface area (Å²) in [5.74, 6) is -0.231. The summed E-state index contributed by atoms with van der Waals surface area (Å²) >= 11 is 0. The van der Waals surface area contributed by atoms with Crippen molar-refractivity contribution in [1.82, 2.24) is 19.1 Å². The van der Waals surface area contributed by atoms with E-state index < -0.39 is 11.9 Å². The molecular weight excluding hydrogens is 292 g/mol. The molecular formula is C12H14N6O4. The summed E-state index contributed by atoms with van der Waals surface area (Å²) in [6.45, 7) is 0. The molecule has 0 bridgehead atoms. The highest BCUT2D eigenvalue weighted by molar-refractivity contribution is 5.86. The molecule has 0 spiro atoms. The molecule has 0 N–H and O–H groups in total. The summed E-state index contributed by atoms with van der Waals surface area (Å²) < 4.78 is 12.1. The Balaban J connectivity index is 2.27. The largest absolute Gasteiger partial charge is 0.463 e. The van der Waals surface area contributed by atoms with Crippen molar-refractivity contribution in [3.63, 3.8) is 0 Å². The van der Waals surface area contributed by atoms with Gasteiger partial charge in [-0.3, -0.25) is 0 Å². The van der Waals surface area contributed by atoms with Crippen molar-refractivity contribution >= 4 is 23.6 Å². The molecule has 2 aromatic rings. The van der Waals surface area contributed by atoms with Gasteiger partial charge in [0.25, 0.3) is 0 Å². The molecule has 22 heavy (non-hydrogen) atoms. The van der Waals surface area contributed by atoms with Crippen LogP contribution in [0.4, 0.5) is 11.6 Å². The fourth-order valence-corrected chi connectivity index (χ4v) is 1.65. The second kappa shape index (κ2) is 6.16. The van der Waals surface area contributed by atoms with Crippen molar-refractivity contribution in [2.24, 2.45) is 24.3 Å². The first-order valence-electron chi connectivity index (χ1n) is 6.11. The van der Waals surface area contributed by atoms with Crippen LogP contribution in [0.3, 0.4) is 0 Å². The smallest absolute Gasteiger partial charge is 0.374 e. The molecule has 2 heterocycles. The summed E-state index contributed by atoms with van der Waals surface area (Å²) in [7, 11) is 5.75.